The van der Waals surface area contributed by atoms with Crippen LogP contribution in [0, 0.1) is 0 Å². The van der Waals surface area contributed by atoms with Crippen LogP contribution in [0.5, 0.6) is 0 Å². The number of oxazole rings is 1. The van der Waals surface area contributed by atoms with Gasteiger partial charge in [-0.1, -0.05) is 30.8 Å². The Morgan fingerprint density at radius 3 is 3.00 bits per heavy atom. The standard InChI is InChI=1S/C13H16N2O3S/c1-2-9(7-16)14-12(17)8-19-13-15-10-5-3-4-6-11(10)18-13/h3-6,9,16H,2,7-8H2,1H3,(H,14,17)/t9-/m1/s1. The molecule has 0 aliphatic carbocycles. The normalized spacial score (nSPS) is 12.5. The van der Waals surface area contributed by atoms with Crippen molar-refractivity contribution in [2.24, 2.45) is 0 Å². The Morgan fingerprint density at radius 2 is 2.32 bits per heavy atom. The minimum atomic E-state index is -0.184. The third-order valence-corrected chi connectivity index (χ3v) is 3.51. The number of hydrogen-bond donors (Lipinski definition) is 2. The summed E-state index contributed by atoms with van der Waals surface area (Å²) in [6.45, 7) is 1.87. The van der Waals surface area contributed by atoms with Gasteiger partial charge in [0.05, 0.1) is 18.4 Å². The van der Waals surface area contributed by atoms with Gasteiger partial charge in [0.2, 0.25) is 5.91 Å². The van der Waals surface area contributed by atoms with Gasteiger partial charge in [0.25, 0.3) is 5.22 Å². The highest BCUT2D eigenvalue weighted by molar-refractivity contribution is 7.99. The number of hydrogen-bond acceptors (Lipinski definition) is 5. The monoisotopic (exact) mass is 280 g/mol. The zero-order valence-corrected chi connectivity index (χ0v) is 11.4. The summed E-state index contributed by atoms with van der Waals surface area (Å²) in [5.41, 5.74) is 1.50. The molecule has 0 radical (unpaired) electrons. The Bertz CT molecular complexity index is 519. The molecule has 1 heterocycles. The SMILES string of the molecule is CC[C@H](CO)NC(=O)CSc1nc2ccccc2o1. The topological polar surface area (TPSA) is 75.4 Å². The number of nitrogens with one attached hydrogen (secondary N) is 1. The fraction of sp³-hybridized carbons (Fsp3) is 0.385. The van der Waals surface area contributed by atoms with Gasteiger partial charge in [-0.2, -0.15) is 0 Å². The van der Waals surface area contributed by atoms with Gasteiger partial charge in [-0.25, -0.2) is 4.98 Å². The Kier molecular flexibility index (Phi) is 4.81. The molecule has 1 amide bonds. The summed E-state index contributed by atoms with van der Waals surface area (Å²) in [5, 5.41) is 12.2. The average molecular weight is 280 g/mol. The van der Waals surface area contributed by atoms with Gasteiger partial charge < -0.3 is 14.8 Å². The second-order valence-corrected chi connectivity index (χ2v) is 5.02. The van der Waals surface area contributed by atoms with E-state index in [2.05, 4.69) is 10.3 Å². The second kappa shape index (κ2) is 6.58. The van der Waals surface area contributed by atoms with Gasteiger partial charge >= 0.3 is 0 Å². The van der Waals surface area contributed by atoms with Crippen molar-refractivity contribution in [2.45, 2.75) is 24.6 Å². The first-order valence-corrected chi connectivity index (χ1v) is 7.10. The van der Waals surface area contributed by atoms with Crippen LogP contribution >= 0.6 is 11.8 Å². The summed E-state index contributed by atoms with van der Waals surface area (Å²) in [7, 11) is 0. The molecule has 0 saturated carbocycles. The molecular weight excluding hydrogens is 264 g/mol. The molecule has 19 heavy (non-hydrogen) atoms. The number of carbonyl (C=O) groups excluding carboxylic acids is 1. The Labute approximate surface area is 115 Å². The van der Waals surface area contributed by atoms with Crippen molar-refractivity contribution in [3.05, 3.63) is 24.3 Å². The van der Waals surface area contributed by atoms with Crippen molar-refractivity contribution in [1.82, 2.24) is 10.3 Å². The van der Waals surface area contributed by atoms with Crippen molar-refractivity contribution in [3.8, 4) is 0 Å². The highest BCUT2D eigenvalue weighted by Crippen LogP contribution is 2.22. The lowest BCUT2D eigenvalue weighted by Crippen LogP contribution is -2.37. The molecule has 5 nitrogen and oxygen atoms in total. The number of aliphatic hydroxyl groups excluding tert-OH is 1. The van der Waals surface area contributed by atoms with E-state index < -0.39 is 0 Å². The number of aromatic nitrogens is 1. The molecule has 102 valence electrons. The van der Waals surface area contributed by atoms with E-state index >= 15 is 0 Å². The van der Waals surface area contributed by atoms with E-state index in [9.17, 15) is 4.79 Å². The lowest BCUT2D eigenvalue weighted by Gasteiger charge is -2.12. The molecule has 1 aromatic heterocycles. The number of aliphatic hydroxyl groups is 1. The molecular formula is C13H16N2O3S. The molecule has 2 N–H and O–H groups in total. The molecule has 0 saturated heterocycles. The highest BCUT2D eigenvalue weighted by Gasteiger charge is 2.12. The summed E-state index contributed by atoms with van der Waals surface area (Å²) in [6, 6.07) is 7.28. The van der Waals surface area contributed by atoms with Crippen molar-refractivity contribution >= 4 is 28.8 Å². The van der Waals surface area contributed by atoms with Crippen LogP contribution in [0.15, 0.2) is 33.9 Å². The molecule has 1 atom stereocenters. The first-order chi connectivity index (χ1) is 9.22. The predicted octanol–water partition coefficient (Wildman–Crippen LogP) is 1.81. The first-order valence-electron chi connectivity index (χ1n) is 6.11. The average Bonchev–Trinajstić information content (AvgIpc) is 2.85. The van der Waals surface area contributed by atoms with Crippen molar-refractivity contribution in [1.29, 1.82) is 0 Å². The summed E-state index contributed by atoms with van der Waals surface area (Å²) < 4.78 is 5.50. The van der Waals surface area contributed by atoms with Gasteiger partial charge in [-0.3, -0.25) is 4.79 Å². The predicted molar refractivity (Wildman–Crippen MR) is 74.0 cm³/mol. The minimum Gasteiger partial charge on any atom is -0.431 e. The number of amides is 1. The lowest BCUT2D eigenvalue weighted by atomic mass is 10.2. The van der Waals surface area contributed by atoms with Gasteiger partial charge in [0, 0.05) is 0 Å². The van der Waals surface area contributed by atoms with Gasteiger partial charge in [0.1, 0.15) is 5.52 Å². The second-order valence-electron chi connectivity index (χ2n) is 4.09. The van der Waals surface area contributed by atoms with Crippen LogP contribution in [-0.2, 0) is 4.79 Å². The highest BCUT2D eigenvalue weighted by atomic mass is 32.2. The maximum absolute atomic E-state index is 11.6. The zero-order chi connectivity index (χ0) is 13.7. The molecule has 6 heteroatoms. The zero-order valence-electron chi connectivity index (χ0n) is 10.6. The minimum absolute atomic E-state index is 0.0458. The molecule has 2 rings (SSSR count). The van der Waals surface area contributed by atoms with Crippen LogP contribution in [-0.4, -0.2) is 34.4 Å². The summed E-state index contributed by atoms with van der Waals surface area (Å²) in [4.78, 5) is 15.9. The van der Waals surface area contributed by atoms with E-state index in [0.717, 1.165) is 5.52 Å². The largest absolute Gasteiger partial charge is 0.431 e. The number of carbonyl (C=O) groups is 1. The van der Waals surface area contributed by atoms with Crippen LogP contribution in [0.4, 0.5) is 0 Å². The molecule has 0 spiro atoms. The number of fused-ring (bicyclic) bond motifs is 1. The van der Waals surface area contributed by atoms with Crippen molar-refractivity contribution < 1.29 is 14.3 Å². The Morgan fingerprint density at radius 1 is 1.53 bits per heavy atom. The smallest absolute Gasteiger partial charge is 0.257 e. The quantitative estimate of drug-likeness (QED) is 0.789. The number of para-hydroxylation sites is 2. The van der Waals surface area contributed by atoms with Gasteiger partial charge in [-0.05, 0) is 18.6 Å². The summed E-state index contributed by atoms with van der Waals surface area (Å²) >= 11 is 1.25. The van der Waals surface area contributed by atoms with E-state index in [1.165, 1.54) is 11.8 Å². The lowest BCUT2D eigenvalue weighted by molar-refractivity contribution is -0.119. The number of thioether (sulfide) groups is 1. The molecule has 0 aliphatic rings. The Balaban J connectivity index is 1.89. The fourth-order valence-electron chi connectivity index (χ4n) is 1.59. The van der Waals surface area contributed by atoms with E-state index in [-0.39, 0.29) is 24.3 Å². The summed E-state index contributed by atoms with van der Waals surface area (Å²) in [6.07, 6.45) is 0.704. The van der Waals surface area contributed by atoms with Crippen molar-refractivity contribution in [2.75, 3.05) is 12.4 Å². The van der Waals surface area contributed by atoms with Gasteiger partial charge in [-0.15, -0.1) is 0 Å². The molecule has 2 aromatic rings. The first kappa shape index (κ1) is 13.9. The number of benzene rings is 1. The number of nitrogens with zero attached hydrogens (tertiary/aromatic N) is 1. The summed E-state index contributed by atoms with van der Waals surface area (Å²) in [5.74, 6) is 0.0942. The molecule has 1 aromatic carbocycles. The Hall–Kier alpha value is -1.53. The van der Waals surface area contributed by atoms with E-state index in [1.54, 1.807) is 0 Å². The van der Waals surface area contributed by atoms with Crippen LogP contribution in [0.3, 0.4) is 0 Å². The van der Waals surface area contributed by atoms with Crippen LogP contribution < -0.4 is 5.32 Å². The number of rotatable bonds is 6. The van der Waals surface area contributed by atoms with E-state index in [1.807, 2.05) is 31.2 Å². The third kappa shape index (κ3) is 3.71. The molecule has 0 aliphatic heterocycles. The molecule has 0 fully saturated rings. The fourth-order valence-corrected chi connectivity index (χ4v) is 2.24. The molecule has 0 unspecified atom stereocenters. The third-order valence-electron chi connectivity index (χ3n) is 2.68. The van der Waals surface area contributed by atoms with E-state index in [0.29, 0.717) is 17.2 Å². The maximum atomic E-state index is 11.6. The van der Waals surface area contributed by atoms with Crippen LogP contribution in [0.2, 0.25) is 0 Å². The van der Waals surface area contributed by atoms with Crippen LogP contribution in [0.1, 0.15) is 13.3 Å². The maximum Gasteiger partial charge on any atom is 0.257 e. The van der Waals surface area contributed by atoms with Crippen molar-refractivity contribution in [3.63, 3.8) is 0 Å². The van der Waals surface area contributed by atoms with Crippen LogP contribution in [0.25, 0.3) is 11.1 Å². The molecule has 0 bridgehead atoms. The van der Waals surface area contributed by atoms with E-state index in [4.69, 9.17) is 9.52 Å². The van der Waals surface area contributed by atoms with Gasteiger partial charge in [0.15, 0.2) is 5.58 Å².